The molecule has 0 spiro atoms. The first-order chi connectivity index (χ1) is 12.9. The van der Waals surface area contributed by atoms with Crippen LogP contribution in [0.4, 0.5) is 0 Å². The standard InChI is InChI=1S/C22H36O5/c1-17(24-21(2,3)23-4)12-10-8-6-5-7-9-11-13-22-25-18-14-19(26-22)16-20(15-18)27-22/h17-20H,5-7,9,11-16H2,1-4H3. The van der Waals surface area contributed by atoms with Crippen molar-refractivity contribution in [2.45, 2.75) is 121 Å². The molecule has 0 aromatic rings. The summed E-state index contributed by atoms with van der Waals surface area (Å²) in [4.78, 5) is 0. The molecular weight excluding hydrogens is 344 g/mol. The molecule has 5 nitrogen and oxygen atoms in total. The molecule has 4 aliphatic rings. The average molecular weight is 381 g/mol. The predicted octanol–water partition coefficient (Wildman–Crippen LogP) is 4.53. The zero-order valence-electron chi connectivity index (χ0n) is 17.4. The summed E-state index contributed by atoms with van der Waals surface area (Å²) in [5, 5.41) is 0. The normalized spacial score (nSPS) is 33.0. The van der Waals surface area contributed by atoms with Crippen LogP contribution in [-0.4, -0.2) is 43.3 Å². The molecule has 4 rings (SSSR count). The summed E-state index contributed by atoms with van der Waals surface area (Å²) in [7, 11) is 1.66. The molecule has 0 aromatic carbocycles. The predicted molar refractivity (Wildman–Crippen MR) is 103 cm³/mol. The molecule has 4 bridgehead atoms. The summed E-state index contributed by atoms with van der Waals surface area (Å²) in [6.45, 7) is 5.87. The third kappa shape index (κ3) is 6.17. The number of unbranched alkanes of at least 4 members (excludes halogenated alkanes) is 4. The largest absolute Gasteiger partial charge is 0.354 e. The molecule has 3 heterocycles. The Hall–Kier alpha value is -0.640. The fourth-order valence-corrected chi connectivity index (χ4v) is 4.27. The van der Waals surface area contributed by atoms with Gasteiger partial charge in [0.15, 0.2) is 5.79 Å². The summed E-state index contributed by atoms with van der Waals surface area (Å²) in [5.74, 6) is 5.21. The van der Waals surface area contributed by atoms with Crippen LogP contribution >= 0.6 is 0 Å². The van der Waals surface area contributed by atoms with Crippen LogP contribution < -0.4 is 0 Å². The van der Waals surface area contributed by atoms with Crippen LogP contribution in [0.15, 0.2) is 0 Å². The van der Waals surface area contributed by atoms with Gasteiger partial charge < -0.3 is 23.7 Å². The lowest BCUT2D eigenvalue weighted by Crippen LogP contribution is -2.62. The van der Waals surface area contributed by atoms with Crippen LogP contribution in [0.3, 0.4) is 0 Å². The van der Waals surface area contributed by atoms with Gasteiger partial charge in [-0.1, -0.05) is 12.8 Å². The molecule has 0 amide bonds. The van der Waals surface area contributed by atoms with Crippen molar-refractivity contribution in [1.29, 1.82) is 0 Å². The topological polar surface area (TPSA) is 46.2 Å². The van der Waals surface area contributed by atoms with E-state index in [1.807, 2.05) is 20.8 Å². The van der Waals surface area contributed by atoms with Gasteiger partial charge in [-0.2, -0.15) is 0 Å². The Labute approximate surface area is 164 Å². The van der Waals surface area contributed by atoms with Crippen molar-refractivity contribution in [3.05, 3.63) is 0 Å². The van der Waals surface area contributed by atoms with Crippen molar-refractivity contribution < 1.29 is 23.7 Å². The molecule has 3 aliphatic heterocycles. The van der Waals surface area contributed by atoms with Crippen LogP contribution in [0.5, 0.6) is 0 Å². The quantitative estimate of drug-likeness (QED) is 0.317. The fourth-order valence-electron chi connectivity index (χ4n) is 4.27. The van der Waals surface area contributed by atoms with Gasteiger partial charge in [0.25, 0.3) is 5.97 Å². The van der Waals surface area contributed by atoms with E-state index < -0.39 is 11.8 Å². The number of hydrogen-bond acceptors (Lipinski definition) is 5. The lowest BCUT2D eigenvalue weighted by molar-refractivity contribution is -0.495. The SMILES string of the molecule is COC(C)(C)OC(C)CC#CCCCCCCC12OC3CC(CC(C3)O1)O2. The van der Waals surface area contributed by atoms with Crippen molar-refractivity contribution in [2.75, 3.05) is 7.11 Å². The Kier molecular flexibility index (Phi) is 7.21. The molecular formula is C22H36O5. The second-order valence-electron chi connectivity index (χ2n) is 8.61. The van der Waals surface area contributed by atoms with E-state index in [0.717, 1.165) is 51.4 Å². The Bertz CT molecular complexity index is 497. The molecule has 1 aliphatic carbocycles. The summed E-state index contributed by atoms with van der Waals surface area (Å²) >= 11 is 0. The van der Waals surface area contributed by atoms with E-state index in [9.17, 15) is 0 Å². The monoisotopic (exact) mass is 380 g/mol. The first-order valence-corrected chi connectivity index (χ1v) is 10.6. The Morgan fingerprint density at radius 2 is 1.56 bits per heavy atom. The molecule has 1 unspecified atom stereocenters. The van der Waals surface area contributed by atoms with E-state index in [0.29, 0.717) is 18.3 Å². The smallest absolute Gasteiger partial charge is 0.283 e. The maximum absolute atomic E-state index is 6.05. The van der Waals surface area contributed by atoms with E-state index in [2.05, 4.69) is 11.8 Å². The zero-order chi connectivity index (χ0) is 19.3. The van der Waals surface area contributed by atoms with Crippen molar-refractivity contribution in [3.8, 4) is 11.8 Å². The Morgan fingerprint density at radius 1 is 0.963 bits per heavy atom. The third-order valence-electron chi connectivity index (χ3n) is 5.64. The van der Waals surface area contributed by atoms with Gasteiger partial charge in [-0.25, -0.2) is 0 Å². The maximum Gasteiger partial charge on any atom is 0.283 e. The highest BCUT2D eigenvalue weighted by Gasteiger charge is 2.54. The van der Waals surface area contributed by atoms with Crippen LogP contribution in [0.1, 0.15) is 85.0 Å². The van der Waals surface area contributed by atoms with Gasteiger partial charge in [0, 0.05) is 45.6 Å². The fraction of sp³-hybridized carbons (Fsp3) is 0.909. The van der Waals surface area contributed by atoms with Crippen LogP contribution in [0.2, 0.25) is 0 Å². The second-order valence-corrected chi connectivity index (χ2v) is 8.61. The van der Waals surface area contributed by atoms with Crippen LogP contribution in [0, 0.1) is 11.8 Å². The van der Waals surface area contributed by atoms with Gasteiger partial charge in [0.05, 0.1) is 24.4 Å². The molecule has 27 heavy (non-hydrogen) atoms. The van der Waals surface area contributed by atoms with E-state index >= 15 is 0 Å². The number of ether oxygens (including phenoxy) is 5. The highest BCUT2D eigenvalue weighted by Crippen LogP contribution is 2.46. The number of methoxy groups -OCH3 is 1. The van der Waals surface area contributed by atoms with Gasteiger partial charge in [-0.05, 0) is 33.6 Å². The van der Waals surface area contributed by atoms with Crippen molar-refractivity contribution in [3.63, 3.8) is 0 Å². The molecule has 0 radical (unpaired) electrons. The molecule has 3 saturated heterocycles. The summed E-state index contributed by atoms with van der Waals surface area (Å²) < 4.78 is 29.2. The minimum atomic E-state index is -0.722. The molecule has 1 atom stereocenters. The lowest BCUT2D eigenvalue weighted by Gasteiger charge is -2.55. The Morgan fingerprint density at radius 3 is 2.15 bits per heavy atom. The van der Waals surface area contributed by atoms with E-state index in [1.54, 1.807) is 7.11 Å². The average Bonchev–Trinajstić information content (AvgIpc) is 2.58. The molecule has 0 N–H and O–H groups in total. The minimum Gasteiger partial charge on any atom is -0.354 e. The van der Waals surface area contributed by atoms with Gasteiger partial charge in [-0.3, -0.25) is 0 Å². The summed E-state index contributed by atoms with van der Waals surface area (Å²) in [5.41, 5.74) is 0. The third-order valence-corrected chi connectivity index (χ3v) is 5.64. The maximum atomic E-state index is 6.05. The molecule has 5 heteroatoms. The van der Waals surface area contributed by atoms with E-state index in [-0.39, 0.29) is 6.10 Å². The van der Waals surface area contributed by atoms with Gasteiger partial charge >= 0.3 is 0 Å². The molecule has 1 saturated carbocycles. The molecule has 4 fully saturated rings. The summed E-state index contributed by atoms with van der Waals surface area (Å²) in [6.07, 6.45) is 11.4. The number of hydrogen-bond donors (Lipinski definition) is 0. The Balaban J connectivity index is 1.23. The van der Waals surface area contributed by atoms with Crippen molar-refractivity contribution >= 4 is 0 Å². The first-order valence-electron chi connectivity index (χ1n) is 10.6. The zero-order valence-corrected chi connectivity index (χ0v) is 17.4. The van der Waals surface area contributed by atoms with E-state index in [1.165, 1.54) is 12.8 Å². The van der Waals surface area contributed by atoms with Crippen LogP contribution in [0.25, 0.3) is 0 Å². The van der Waals surface area contributed by atoms with Crippen LogP contribution in [-0.2, 0) is 23.7 Å². The minimum absolute atomic E-state index is 0.0766. The number of rotatable bonds is 10. The van der Waals surface area contributed by atoms with Gasteiger partial charge in [0.2, 0.25) is 0 Å². The van der Waals surface area contributed by atoms with E-state index in [4.69, 9.17) is 23.7 Å². The van der Waals surface area contributed by atoms with Gasteiger partial charge in [-0.15, -0.1) is 11.8 Å². The van der Waals surface area contributed by atoms with Crippen molar-refractivity contribution in [1.82, 2.24) is 0 Å². The lowest BCUT2D eigenvalue weighted by atomic mass is 9.88. The molecule has 0 aromatic heterocycles. The van der Waals surface area contributed by atoms with Crippen molar-refractivity contribution in [2.24, 2.45) is 0 Å². The summed E-state index contributed by atoms with van der Waals surface area (Å²) in [6, 6.07) is 0. The second kappa shape index (κ2) is 9.24. The first kappa shape index (κ1) is 21.1. The highest BCUT2D eigenvalue weighted by atomic mass is 16.9. The highest BCUT2D eigenvalue weighted by molar-refractivity contribution is 5.00. The molecule has 154 valence electrons. The van der Waals surface area contributed by atoms with Gasteiger partial charge in [0.1, 0.15) is 0 Å².